The molecule has 0 aromatic heterocycles. The zero-order valence-electron chi connectivity index (χ0n) is 17.2. The van der Waals surface area contributed by atoms with E-state index in [1.54, 1.807) is 0 Å². The molecule has 0 aliphatic heterocycles. The highest BCUT2D eigenvalue weighted by atomic mass is 16.6. The van der Waals surface area contributed by atoms with Crippen LogP contribution in [-0.4, -0.2) is 44.6 Å². The monoisotopic (exact) mass is 378 g/mol. The molecule has 27 heavy (non-hydrogen) atoms. The number of esters is 1. The van der Waals surface area contributed by atoms with E-state index in [1.165, 1.54) is 18.4 Å². The molecule has 1 aliphatic rings. The van der Waals surface area contributed by atoms with Gasteiger partial charge in [-0.3, -0.25) is 0 Å². The fraction of sp³-hybridized carbons (Fsp3) is 0.682. The third kappa shape index (κ3) is 8.76. The van der Waals surface area contributed by atoms with Crippen LogP contribution in [-0.2, 0) is 24.4 Å². The van der Waals surface area contributed by atoms with E-state index in [2.05, 4.69) is 31.2 Å². The standard InChI is InChI=1S/C22H34O5/c1-21(2,3)27-20(23)17-25-15-5-13-24-14-6-16-26-19-9-7-18(8-10-19)22(4)11-12-22/h7-10H,5-6,11-17H2,1-4H3. The molecule has 1 aliphatic carbocycles. The van der Waals surface area contributed by atoms with Crippen molar-refractivity contribution in [3.63, 3.8) is 0 Å². The molecule has 0 bridgehead atoms. The van der Waals surface area contributed by atoms with Crippen molar-refractivity contribution < 1.29 is 23.7 Å². The van der Waals surface area contributed by atoms with Crippen LogP contribution in [0.3, 0.4) is 0 Å². The average molecular weight is 379 g/mol. The first-order valence-electron chi connectivity index (χ1n) is 9.89. The number of ether oxygens (including phenoxy) is 4. The Morgan fingerprint density at radius 3 is 2.15 bits per heavy atom. The molecule has 0 heterocycles. The first-order valence-corrected chi connectivity index (χ1v) is 9.89. The van der Waals surface area contributed by atoms with E-state index in [0.717, 1.165) is 18.6 Å². The number of rotatable bonds is 12. The summed E-state index contributed by atoms with van der Waals surface area (Å²) in [5.74, 6) is 0.582. The minimum Gasteiger partial charge on any atom is -0.494 e. The van der Waals surface area contributed by atoms with Crippen molar-refractivity contribution in [2.24, 2.45) is 0 Å². The molecule has 0 radical (unpaired) electrons. The minimum absolute atomic E-state index is 0.0109. The van der Waals surface area contributed by atoms with Crippen LogP contribution in [0, 0.1) is 0 Å². The predicted octanol–water partition coefficient (Wildman–Crippen LogP) is 4.27. The van der Waals surface area contributed by atoms with Crippen LogP contribution in [0.4, 0.5) is 0 Å². The Kier molecular flexibility index (Phi) is 8.11. The molecule has 0 amide bonds. The Bertz CT molecular complexity index is 569. The highest BCUT2D eigenvalue weighted by Crippen LogP contribution is 2.47. The molecule has 0 atom stereocenters. The van der Waals surface area contributed by atoms with Crippen LogP contribution in [0.2, 0.25) is 0 Å². The second kappa shape index (κ2) is 10.1. The lowest BCUT2D eigenvalue weighted by atomic mass is 9.99. The average Bonchev–Trinajstić information content (AvgIpc) is 3.34. The second-order valence-electron chi connectivity index (χ2n) is 8.39. The van der Waals surface area contributed by atoms with Gasteiger partial charge in [-0.15, -0.1) is 0 Å². The first kappa shape index (κ1) is 21.7. The van der Waals surface area contributed by atoms with Gasteiger partial charge >= 0.3 is 5.97 Å². The first-order chi connectivity index (χ1) is 12.8. The normalized spacial score (nSPS) is 15.4. The van der Waals surface area contributed by atoms with E-state index >= 15 is 0 Å². The summed E-state index contributed by atoms with van der Waals surface area (Å²) >= 11 is 0. The van der Waals surface area contributed by atoms with Crippen LogP contribution in [0.1, 0.15) is 58.9 Å². The van der Waals surface area contributed by atoms with E-state index in [1.807, 2.05) is 20.8 Å². The van der Waals surface area contributed by atoms with Crippen molar-refractivity contribution in [2.45, 2.75) is 64.4 Å². The van der Waals surface area contributed by atoms with Crippen LogP contribution < -0.4 is 4.74 Å². The summed E-state index contributed by atoms with van der Waals surface area (Å²) in [5, 5.41) is 0. The third-order valence-corrected chi connectivity index (χ3v) is 4.47. The summed E-state index contributed by atoms with van der Waals surface area (Å²) in [4.78, 5) is 11.5. The van der Waals surface area contributed by atoms with E-state index in [0.29, 0.717) is 31.8 Å². The van der Waals surface area contributed by atoms with Gasteiger partial charge in [0.2, 0.25) is 0 Å². The molecule has 1 aromatic rings. The quantitative estimate of drug-likeness (QED) is 0.401. The van der Waals surface area contributed by atoms with E-state index in [4.69, 9.17) is 18.9 Å². The van der Waals surface area contributed by atoms with E-state index in [-0.39, 0.29) is 12.6 Å². The summed E-state index contributed by atoms with van der Waals surface area (Å²) in [6.45, 7) is 10.2. The lowest BCUT2D eigenvalue weighted by molar-refractivity contribution is -0.160. The van der Waals surface area contributed by atoms with Gasteiger partial charge in [-0.25, -0.2) is 4.79 Å². The van der Waals surface area contributed by atoms with Gasteiger partial charge in [-0.2, -0.15) is 0 Å². The van der Waals surface area contributed by atoms with E-state index in [9.17, 15) is 4.79 Å². The van der Waals surface area contributed by atoms with Crippen molar-refractivity contribution in [2.75, 3.05) is 33.0 Å². The van der Waals surface area contributed by atoms with Gasteiger partial charge < -0.3 is 18.9 Å². The number of carbonyl (C=O) groups excluding carboxylic acids is 1. The number of hydrogen-bond donors (Lipinski definition) is 0. The Morgan fingerprint density at radius 1 is 0.963 bits per heavy atom. The molecular weight excluding hydrogens is 344 g/mol. The molecule has 5 heteroatoms. The molecular formula is C22H34O5. The Morgan fingerprint density at radius 2 is 1.56 bits per heavy atom. The molecule has 0 unspecified atom stereocenters. The molecule has 1 aromatic carbocycles. The highest BCUT2D eigenvalue weighted by Gasteiger charge is 2.38. The maximum absolute atomic E-state index is 11.5. The zero-order valence-corrected chi connectivity index (χ0v) is 17.2. The number of carbonyl (C=O) groups is 1. The fourth-order valence-corrected chi connectivity index (χ4v) is 2.67. The largest absolute Gasteiger partial charge is 0.494 e. The highest BCUT2D eigenvalue weighted by molar-refractivity contribution is 5.71. The minimum atomic E-state index is -0.469. The van der Waals surface area contributed by atoms with Gasteiger partial charge in [-0.1, -0.05) is 19.1 Å². The molecule has 0 spiro atoms. The number of benzene rings is 1. The van der Waals surface area contributed by atoms with Crippen molar-refractivity contribution in [3.05, 3.63) is 29.8 Å². The smallest absolute Gasteiger partial charge is 0.332 e. The SMILES string of the molecule is CC(C)(C)OC(=O)COCCCOCCCOc1ccc(C2(C)CC2)cc1. The van der Waals surface area contributed by atoms with Crippen LogP contribution in [0.25, 0.3) is 0 Å². The molecule has 1 fully saturated rings. The van der Waals surface area contributed by atoms with Crippen LogP contribution in [0.5, 0.6) is 5.75 Å². The van der Waals surface area contributed by atoms with Crippen molar-refractivity contribution >= 4 is 5.97 Å². The maximum Gasteiger partial charge on any atom is 0.332 e. The summed E-state index contributed by atoms with van der Waals surface area (Å²) in [7, 11) is 0. The van der Waals surface area contributed by atoms with Crippen LogP contribution >= 0.6 is 0 Å². The predicted molar refractivity (Wildman–Crippen MR) is 105 cm³/mol. The topological polar surface area (TPSA) is 54.0 Å². The Labute approximate surface area is 163 Å². The molecule has 0 saturated heterocycles. The molecule has 0 N–H and O–H groups in total. The van der Waals surface area contributed by atoms with Crippen molar-refractivity contribution in [1.82, 2.24) is 0 Å². The van der Waals surface area contributed by atoms with Gasteiger partial charge in [0, 0.05) is 26.2 Å². The fourth-order valence-electron chi connectivity index (χ4n) is 2.67. The summed E-state index contributed by atoms with van der Waals surface area (Å²) in [6.07, 6.45) is 4.18. The van der Waals surface area contributed by atoms with Crippen molar-refractivity contribution in [1.29, 1.82) is 0 Å². The van der Waals surface area contributed by atoms with Crippen molar-refractivity contribution in [3.8, 4) is 5.75 Å². The Balaban J connectivity index is 1.41. The van der Waals surface area contributed by atoms with Gasteiger partial charge in [0.15, 0.2) is 0 Å². The van der Waals surface area contributed by atoms with Gasteiger partial charge in [0.05, 0.1) is 6.61 Å². The molecule has 152 valence electrons. The lowest BCUT2D eigenvalue weighted by Gasteiger charge is -2.19. The summed E-state index contributed by atoms with van der Waals surface area (Å²) in [5.41, 5.74) is 1.35. The van der Waals surface area contributed by atoms with Gasteiger partial charge in [0.25, 0.3) is 0 Å². The summed E-state index contributed by atoms with van der Waals surface area (Å²) in [6, 6.07) is 8.47. The Hall–Kier alpha value is -1.59. The third-order valence-electron chi connectivity index (χ3n) is 4.47. The second-order valence-corrected chi connectivity index (χ2v) is 8.39. The zero-order chi connectivity index (χ0) is 19.8. The number of hydrogen-bond acceptors (Lipinski definition) is 5. The molecule has 5 nitrogen and oxygen atoms in total. The molecule has 2 rings (SSSR count). The maximum atomic E-state index is 11.5. The lowest BCUT2D eigenvalue weighted by Crippen LogP contribution is -2.26. The molecule has 1 saturated carbocycles. The summed E-state index contributed by atoms with van der Waals surface area (Å²) < 4.78 is 21.8. The van der Waals surface area contributed by atoms with Gasteiger partial charge in [-0.05, 0) is 63.1 Å². The van der Waals surface area contributed by atoms with Gasteiger partial charge in [0.1, 0.15) is 18.0 Å². The van der Waals surface area contributed by atoms with Crippen LogP contribution in [0.15, 0.2) is 24.3 Å². The van der Waals surface area contributed by atoms with E-state index < -0.39 is 5.60 Å².